The van der Waals surface area contributed by atoms with E-state index in [0.29, 0.717) is 10.8 Å². The maximum Gasteiger partial charge on any atom is 0.425 e. The van der Waals surface area contributed by atoms with E-state index < -0.39 is 12.2 Å². The van der Waals surface area contributed by atoms with Crippen LogP contribution in [0.3, 0.4) is 0 Å². The van der Waals surface area contributed by atoms with Crippen LogP contribution in [0.2, 0.25) is 0 Å². The number of pyridine rings is 2. The summed E-state index contributed by atoms with van der Waals surface area (Å²) in [6.07, 6.45) is 2.47. The summed E-state index contributed by atoms with van der Waals surface area (Å²) in [7, 11) is 0. The molecule has 0 bridgehead atoms. The fraction of sp³-hybridized carbons (Fsp3) is 0.176. The molecule has 3 aromatic rings. The largest absolute Gasteiger partial charge is 0.436 e. The number of anilines is 2. The molecule has 1 aliphatic heterocycles. The van der Waals surface area contributed by atoms with Crippen molar-refractivity contribution in [1.29, 1.82) is 0 Å². The second kappa shape index (κ2) is 6.89. The maximum atomic E-state index is 11.4. The third kappa shape index (κ3) is 3.47. The lowest BCUT2D eigenvalue weighted by Gasteiger charge is -2.06. The van der Waals surface area contributed by atoms with E-state index in [1.54, 1.807) is 12.4 Å². The van der Waals surface area contributed by atoms with Gasteiger partial charge in [-0.15, -0.1) is 11.3 Å². The number of hydrogen-bond acceptors (Lipinski definition) is 7. The van der Waals surface area contributed by atoms with E-state index in [0.717, 1.165) is 26.4 Å². The summed E-state index contributed by atoms with van der Waals surface area (Å²) in [6, 6.07) is 9.58. The molecule has 0 saturated carbocycles. The lowest BCUT2D eigenvalue weighted by atomic mass is 10.3. The second-order valence-electron chi connectivity index (χ2n) is 5.73. The smallest absolute Gasteiger partial charge is 0.425 e. The fourth-order valence-corrected chi connectivity index (χ4v) is 3.57. The molecule has 0 aromatic carbocycles. The number of carbonyl (C=O) groups excluding carboxylic acids is 1. The van der Waals surface area contributed by atoms with Crippen molar-refractivity contribution in [2.24, 2.45) is 0 Å². The van der Waals surface area contributed by atoms with Crippen LogP contribution in [0.15, 0.2) is 42.7 Å². The Morgan fingerprint density at radius 1 is 1.31 bits per heavy atom. The third-order valence-electron chi connectivity index (χ3n) is 3.74. The van der Waals surface area contributed by atoms with E-state index >= 15 is 0 Å². The minimum Gasteiger partial charge on any atom is -0.436 e. The van der Waals surface area contributed by atoms with Crippen molar-refractivity contribution < 1.29 is 9.53 Å². The molecule has 1 amide bonds. The Kier molecular flexibility index (Phi) is 4.44. The highest BCUT2D eigenvalue weighted by Crippen LogP contribution is 2.34. The standard InChI is InChI=1S/C17H14ClN5O2S/c1-10-5-6-19-15(7-10)22-14-4-2-3-11(21-14)13-8-20-16(26-13)12-9-23(18)17(24)25-12/h2-8,12H,9H2,1H3,(H,19,21,22)/t12-/m0/s1. The van der Waals surface area contributed by atoms with Crippen LogP contribution in [0.25, 0.3) is 10.6 Å². The first-order chi connectivity index (χ1) is 12.6. The number of rotatable bonds is 4. The van der Waals surface area contributed by atoms with Crippen molar-refractivity contribution >= 4 is 40.8 Å². The van der Waals surface area contributed by atoms with Gasteiger partial charge in [-0.2, -0.15) is 0 Å². The number of aryl methyl sites for hydroxylation is 1. The molecule has 1 atom stereocenters. The molecule has 1 N–H and O–H groups in total. The molecule has 3 aromatic heterocycles. The van der Waals surface area contributed by atoms with Crippen LogP contribution in [0.5, 0.6) is 0 Å². The van der Waals surface area contributed by atoms with Crippen LogP contribution >= 0.6 is 23.1 Å². The molecule has 1 fully saturated rings. The first-order valence-electron chi connectivity index (χ1n) is 7.85. The van der Waals surface area contributed by atoms with Crippen LogP contribution in [0, 0.1) is 6.92 Å². The highest BCUT2D eigenvalue weighted by atomic mass is 35.5. The first-order valence-corrected chi connectivity index (χ1v) is 9.01. The minimum absolute atomic E-state index is 0.279. The molecule has 4 rings (SSSR count). The molecule has 132 valence electrons. The fourth-order valence-electron chi connectivity index (χ4n) is 2.50. The van der Waals surface area contributed by atoms with E-state index in [2.05, 4.69) is 20.3 Å². The maximum absolute atomic E-state index is 11.4. The number of cyclic esters (lactones) is 1. The number of hydrogen-bond donors (Lipinski definition) is 1. The average molecular weight is 388 g/mol. The summed E-state index contributed by atoms with van der Waals surface area (Å²) in [5.74, 6) is 1.43. The predicted molar refractivity (Wildman–Crippen MR) is 99.4 cm³/mol. The molecule has 1 aliphatic rings. The van der Waals surface area contributed by atoms with Crippen molar-refractivity contribution in [3.63, 3.8) is 0 Å². The van der Waals surface area contributed by atoms with E-state index in [-0.39, 0.29) is 6.54 Å². The summed E-state index contributed by atoms with van der Waals surface area (Å²) >= 11 is 7.17. The van der Waals surface area contributed by atoms with Gasteiger partial charge in [-0.05, 0) is 36.8 Å². The van der Waals surface area contributed by atoms with Gasteiger partial charge in [0.25, 0.3) is 0 Å². The number of nitrogens with one attached hydrogen (secondary N) is 1. The van der Waals surface area contributed by atoms with E-state index in [4.69, 9.17) is 16.5 Å². The molecule has 26 heavy (non-hydrogen) atoms. The van der Waals surface area contributed by atoms with Gasteiger partial charge in [-0.25, -0.2) is 24.2 Å². The highest BCUT2D eigenvalue weighted by Gasteiger charge is 2.33. The molecular weight excluding hydrogens is 374 g/mol. The quantitative estimate of drug-likeness (QED) is 0.672. The van der Waals surface area contributed by atoms with Crippen LogP contribution in [0.1, 0.15) is 16.7 Å². The topological polar surface area (TPSA) is 80.2 Å². The Labute approximate surface area is 158 Å². The number of thiazole rings is 1. The van der Waals surface area contributed by atoms with Crippen molar-refractivity contribution in [2.75, 3.05) is 11.9 Å². The average Bonchev–Trinajstić information content (AvgIpc) is 3.23. The van der Waals surface area contributed by atoms with Gasteiger partial charge in [0, 0.05) is 24.2 Å². The molecule has 4 heterocycles. The van der Waals surface area contributed by atoms with Crippen molar-refractivity contribution in [1.82, 2.24) is 19.4 Å². The zero-order valence-electron chi connectivity index (χ0n) is 13.7. The van der Waals surface area contributed by atoms with Gasteiger partial charge < -0.3 is 10.1 Å². The minimum atomic E-state index is -0.552. The Bertz CT molecular complexity index is 964. The van der Waals surface area contributed by atoms with Gasteiger partial charge >= 0.3 is 6.09 Å². The van der Waals surface area contributed by atoms with Gasteiger partial charge in [0.15, 0.2) is 6.10 Å². The summed E-state index contributed by atoms with van der Waals surface area (Å²) in [6.45, 7) is 2.29. The SMILES string of the molecule is Cc1ccnc(Nc2cccc(-c3cnc([C@@H]4CN(Cl)C(=O)O4)s3)n2)c1. The van der Waals surface area contributed by atoms with Crippen molar-refractivity contribution in [2.45, 2.75) is 13.0 Å². The van der Waals surface area contributed by atoms with Crippen LogP contribution in [0.4, 0.5) is 16.4 Å². The molecule has 1 saturated heterocycles. The zero-order chi connectivity index (χ0) is 18.1. The Hall–Kier alpha value is -2.71. The van der Waals surface area contributed by atoms with Crippen molar-refractivity contribution in [3.05, 3.63) is 53.3 Å². The van der Waals surface area contributed by atoms with Gasteiger partial charge in [0.2, 0.25) is 0 Å². The molecule has 0 spiro atoms. The number of carbonyl (C=O) groups is 1. The molecule has 0 aliphatic carbocycles. The number of amides is 1. The second-order valence-corrected chi connectivity index (χ2v) is 7.20. The Balaban J connectivity index is 1.54. The lowest BCUT2D eigenvalue weighted by Crippen LogP contribution is -2.10. The summed E-state index contributed by atoms with van der Waals surface area (Å²) in [5.41, 5.74) is 1.89. The molecule has 0 radical (unpaired) electrons. The van der Waals surface area contributed by atoms with Gasteiger partial charge in [-0.3, -0.25) is 0 Å². The summed E-state index contributed by atoms with van der Waals surface area (Å²) in [4.78, 5) is 25.5. The normalized spacial score (nSPS) is 16.6. The predicted octanol–water partition coefficient (Wildman–Crippen LogP) is 4.30. The van der Waals surface area contributed by atoms with E-state index in [1.807, 2.05) is 37.3 Å². The van der Waals surface area contributed by atoms with E-state index in [1.165, 1.54) is 11.3 Å². The van der Waals surface area contributed by atoms with Gasteiger partial charge in [0.05, 0.1) is 17.1 Å². The number of ether oxygens (including phenoxy) is 1. The monoisotopic (exact) mass is 387 g/mol. The zero-order valence-corrected chi connectivity index (χ0v) is 15.3. The number of nitrogens with zero attached hydrogens (tertiary/aromatic N) is 4. The van der Waals surface area contributed by atoms with Crippen LogP contribution in [-0.2, 0) is 4.74 Å². The molecular formula is C17H14ClN5O2S. The van der Waals surface area contributed by atoms with Gasteiger partial charge in [0.1, 0.15) is 16.6 Å². The molecule has 7 nitrogen and oxygen atoms in total. The number of aromatic nitrogens is 3. The Morgan fingerprint density at radius 2 is 2.19 bits per heavy atom. The highest BCUT2D eigenvalue weighted by molar-refractivity contribution is 7.15. The molecule has 9 heteroatoms. The van der Waals surface area contributed by atoms with Crippen LogP contribution < -0.4 is 5.32 Å². The van der Waals surface area contributed by atoms with Gasteiger partial charge in [-0.1, -0.05) is 6.07 Å². The van der Waals surface area contributed by atoms with Crippen molar-refractivity contribution in [3.8, 4) is 10.6 Å². The Morgan fingerprint density at radius 3 is 2.96 bits per heavy atom. The first kappa shape index (κ1) is 16.7. The molecule has 0 unspecified atom stereocenters. The summed E-state index contributed by atoms with van der Waals surface area (Å²) in [5, 5.41) is 3.89. The summed E-state index contributed by atoms with van der Waals surface area (Å²) < 4.78 is 6.20. The third-order valence-corrected chi connectivity index (χ3v) is 5.13. The lowest BCUT2D eigenvalue weighted by molar-refractivity contribution is 0.137. The van der Waals surface area contributed by atoms with E-state index in [9.17, 15) is 4.79 Å². The number of halogens is 1. The van der Waals surface area contributed by atoms with Crippen LogP contribution in [-0.4, -0.2) is 32.0 Å².